The summed E-state index contributed by atoms with van der Waals surface area (Å²) in [7, 11) is 0. The van der Waals surface area contributed by atoms with Crippen LogP contribution in [0.25, 0.3) is 0 Å². The Kier molecular flexibility index (Phi) is 3.81. The van der Waals surface area contributed by atoms with E-state index in [1.807, 2.05) is 6.92 Å². The number of aromatic hydroxyl groups is 1. The predicted molar refractivity (Wildman–Crippen MR) is 66.0 cm³/mol. The zero-order chi connectivity index (χ0) is 13.1. The summed E-state index contributed by atoms with van der Waals surface area (Å²) in [6.45, 7) is 2.94. The van der Waals surface area contributed by atoms with Crippen LogP contribution in [0.3, 0.4) is 0 Å². The molecule has 0 saturated carbocycles. The van der Waals surface area contributed by atoms with Gasteiger partial charge in [-0.25, -0.2) is 4.39 Å². The van der Waals surface area contributed by atoms with E-state index in [9.17, 15) is 14.3 Å². The zero-order valence-corrected chi connectivity index (χ0v) is 10.2. The van der Waals surface area contributed by atoms with Gasteiger partial charge in [0.15, 0.2) is 0 Å². The molecule has 1 heterocycles. The fraction of sp³-hybridized carbons (Fsp3) is 0.462. The van der Waals surface area contributed by atoms with Gasteiger partial charge in [-0.1, -0.05) is 0 Å². The van der Waals surface area contributed by atoms with Crippen LogP contribution in [0.1, 0.15) is 30.1 Å². The highest BCUT2D eigenvalue weighted by atomic mass is 19.1. The van der Waals surface area contributed by atoms with Crippen LogP contribution in [0.2, 0.25) is 0 Å². The van der Waals surface area contributed by atoms with E-state index in [1.54, 1.807) is 0 Å². The van der Waals surface area contributed by atoms with E-state index in [-0.39, 0.29) is 23.4 Å². The molecule has 2 atom stereocenters. The van der Waals surface area contributed by atoms with Crippen molar-refractivity contribution in [1.29, 1.82) is 0 Å². The monoisotopic (exact) mass is 252 g/mol. The van der Waals surface area contributed by atoms with Crippen LogP contribution in [-0.4, -0.2) is 29.6 Å². The Hall–Kier alpha value is -1.62. The number of phenols is 1. The maximum Gasteiger partial charge on any atom is 0.255 e. The summed E-state index contributed by atoms with van der Waals surface area (Å²) in [5, 5.41) is 15.6. The van der Waals surface area contributed by atoms with E-state index in [0.29, 0.717) is 0 Å². The van der Waals surface area contributed by atoms with E-state index in [2.05, 4.69) is 10.6 Å². The number of amides is 1. The maximum absolute atomic E-state index is 13.1. The Morgan fingerprint density at radius 3 is 3.06 bits per heavy atom. The highest BCUT2D eigenvalue weighted by molar-refractivity contribution is 5.97. The first kappa shape index (κ1) is 12.8. The van der Waals surface area contributed by atoms with Crippen LogP contribution >= 0.6 is 0 Å². The van der Waals surface area contributed by atoms with Crippen molar-refractivity contribution in [2.24, 2.45) is 0 Å². The third-order valence-electron chi connectivity index (χ3n) is 3.28. The van der Waals surface area contributed by atoms with Crippen LogP contribution in [0.15, 0.2) is 18.2 Å². The number of carbonyl (C=O) groups excluding carboxylic acids is 1. The van der Waals surface area contributed by atoms with Crippen LogP contribution in [0.5, 0.6) is 5.75 Å². The summed E-state index contributed by atoms with van der Waals surface area (Å²) in [6.07, 6.45) is 1.88. The first-order valence-corrected chi connectivity index (χ1v) is 6.10. The first-order valence-electron chi connectivity index (χ1n) is 6.10. The standard InChI is InChI=1S/C13H17FN2O2/c1-8-11(3-2-6-15-8)16-13(18)10-7-9(14)4-5-12(10)17/h4-5,7-8,11,15,17H,2-3,6H2,1H3,(H,16,18). The highest BCUT2D eigenvalue weighted by Gasteiger charge is 2.23. The van der Waals surface area contributed by atoms with Gasteiger partial charge in [0.1, 0.15) is 11.6 Å². The number of phenolic OH excluding ortho intramolecular Hbond substituents is 1. The third kappa shape index (κ3) is 2.79. The van der Waals surface area contributed by atoms with Crippen molar-refractivity contribution in [3.8, 4) is 5.75 Å². The van der Waals surface area contributed by atoms with Crippen molar-refractivity contribution in [2.45, 2.75) is 31.8 Å². The molecule has 1 aliphatic heterocycles. The predicted octanol–water partition coefficient (Wildman–Crippen LogP) is 1.40. The minimum atomic E-state index is -0.534. The van der Waals surface area contributed by atoms with Crippen LogP contribution in [0, 0.1) is 5.82 Å². The average molecular weight is 252 g/mol. The summed E-state index contributed by atoms with van der Waals surface area (Å²) >= 11 is 0. The molecule has 1 saturated heterocycles. The molecule has 0 aromatic heterocycles. The molecule has 0 spiro atoms. The van der Waals surface area contributed by atoms with Crippen LogP contribution in [-0.2, 0) is 0 Å². The molecule has 98 valence electrons. The SMILES string of the molecule is CC1NCCCC1NC(=O)c1cc(F)ccc1O. The summed E-state index contributed by atoms with van der Waals surface area (Å²) in [5.41, 5.74) is -0.0206. The lowest BCUT2D eigenvalue weighted by Gasteiger charge is -2.30. The molecule has 1 fully saturated rings. The van der Waals surface area contributed by atoms with E-state index in [4.69, 9.17) is 0 Å². The Balaban J connectivity index is 2.09. The number of nitrogens with one attached hydrogen (secondary N) is 2. The summed E-state index contributed by atoms with van der Waals surface area (Å²) in [6, 6.07) is 3.54. The van der Waals surface area contributed by atoms with E-state index in [1.165, 1.54) is 6.07 Å². The third-order valence-corrected chi connectivity index (χ3v) is 3.28. The first-order chi connectivity index (χ1) is 8.58. The van der Waals surface area contributed by atoms with Gasteiger partial charge in [0.05, 0.1) is 5.56 Å². The van der Waals surface area contributed by atoms with Gasteiger partial charge in [-0.05, 0) is 44.5 Å². The van der Waals surface area contributed by atoms with Gasteiger partial charge in [-0.3, -0.25) is 4.79 Å². The van der Waals surface area contributed by atoms with Crippen molar-refractivity contribution in [3.63, 3.8) is 0 Å². The lowest BCUT2D eigenvalue weighted by Crippen LogP contribution is -2.51. The average Bonchev–Trinajstić information content (AvgIpc) is 2.35. The lowest BCUT2D eigenvalue weighted by atomic mass is 9.99. The molecule has 4 nitrogen and oxygen atoms in total. The number of carbonyl (C=O) groups is 1. The molecule has 1 aromatic rings. The van der Waals surface area contributed by atoms with Gasteiger partial charge in [0.25, 0.3) is 5.91 Å². The second-order valence-electron chi connectivity index (χ2n) is 4.63. The molecule has 2 rings (SSSR count). The summed E-state index contributed by atoms with van der Waals surface area (Å²) in [5.74, 6) is -1.18. The zero-order valence-electron chi connectivity index (χ0n) is 10.2. The van der Waals surface area contributed by atoms with Crippen molar-refractivity contribution in [2.75, 3.05) is 6.54 Å². The lowest BCUT2D eigenvalue weighted by molar-refractivity contribution is 0.0916. The molecule has 1 aliphatic rings. The highest BCUT2D eigenvalue weighted by Crippen LogP contribution is 2.18. The quantitative estimate of drug-likeness (QED) is 0.745. The molecule has 0 aliphatic carbocycles. The van der Waals surface area contributed by atoms with Gasteiger partial charge >= 0.3 is 0 Å². The minimum absolute atomic E-state index is 0.00826. The van der Waals surface area contributed by atoms with Gasteiger partial charge < -0.3 is 15.7 Å². The molecule has 3 N–H and O–H groups in total. The number of rotatable bonds is 2. The summed E-state index contributed by atoms with van der Waals surface area (Å²) < 4.78 is 13.1. The van der Waals surface area contributed by atoms with Gasteiger partial charge in [-0.2, -0.15) is 0 Å². The second kappa shape index (κ2) is 5.35. The number of halogens is 1. The fourth-order valence-electron chi connectivity index (χ4n) is 2.18. The van der Waals surface area contributed by atoms with Crippen molar-refractivity contribution in [3.05, 3.63) is 29.6 Å². The smallest absolute Gasteiger partial charge is 0.255 e. The maximum atomic E-state index is 13.1. The minimum Gasteiger partial charge on any atom is -0.507 e. The number of piperidine rings is 1. The molecule has 1 aromatic carbocycles. The number of hydrogen-bond donors (Lipinski definition) is 3. The normalized spacial score (nSPS) is 23.7. The Morgan fingerprint density at radius 1 is 1.56 bits per heavy atom. The van der Waals surface area contributed by atoms with Crippen LogP contribution in [0.4, 0.5) is 4.39 Å². The molecule has 18 heavy (non-hydrogen) atoms. The Labute approximate surface area is 105 Å². The Morgan fingerprint density at radius 2 is 2.33 bits per heavy atom. The molecule has 0 radical (unpaired) electrons. The fourth-order valence-corrected chi connectivity index (χ4v) is 2.18. The van der Waals surface area contributed by atoms with Gasteiger partial charge in [-0.15, -0.1) is 0 Å². The van der Waals surface area contributed by atoms with Crippen LogP contribution < -0.4 is 10.6 Å². The van der Waals surface area contributed by atoms with E-state index < -0.39 is 11.7 Å². The molecule has 0 bridgehead atoms. The van der Waals surface area contributed by atoms with Crippen molar-refractivity contribution in [1.82, 2.24) is 10.6 Å². The largest absolute Gasteiger partial charge is 0.507 e. The molecular formula is C13H17FN2O2. The van der Waals surface area contributed by atoms with Crippen molar-refractivity contribution < 1.29 is 14.3 Å². The Bertz CT molecular complexity index is 451. The molecule has 5 heteroatoms. The van der Waals surface area contributed by atoms with Gasteiger partial charge in [0.2, 0.25) is 0 Å². The summed E-state index contributed by atoms with van der Waals surface area (Å²) in [4.78, 5) is 12.0. The van der Waals surface area contributed by atoms with Gasteiger partial charge in [0, 0.05) is 12.1 Å². The topological polar surface area (TPSA) is 61.4 Å². The van der Waals surface area contributed by atoms with Crippen molar-refractivity contribution >= 4 is 5.91 Å². The molecular weight excluding hydrogens is 235 g/mol. The van der Waals surface area contributed by atoms with E-state index >= 15 is 0 Å². The number of hydrogen-bond acceptors (Lipinski definition) is 3. The number of benzene rings is 1. The second-order valence-corrected chi connectivity index (χ2v) is 4.63. The van der Waals surface area contributed by atoms with E-state index in [0.717, 1.165) is 31.5 Å². The molecule has 1 amide bonds. The molecule has 2 unspecified atom stereocenters.